The third kappa shape index (κ3) is 3.12. The first-order chi connectivity index (χ1) is 9.44. The fourth-order valence-corrected chi connectivity index (χ4v) is 3.23. The molecule has 0 bridgehead atoms. The molecule has 8 heteroatoms. The minimum absolute atomic E-state index is 0.00988. The van der Waals surface area contributed by atoms with Crippen LogP contribution in [-0.4, -0.2) is 25.7 Å². The van der Waals surface area contributed by atoms with Crippen LogP contribution in [0.1, 0.15) is 11.3 Å². The number of aryl methyl sites for hydroxylation is 1. The molecule has 0 amide bonds. The Morgan fingerprint density at radius 2 is 2.15 bits per heavy atom. The average molecular weight is 315 g/mol. The number of rotatable bonds is 5. The minimum atomic E-state index is -3.75. The molecule has 2 rings (SSSR count). The van der Waals surface area contributed by atoms with E-state index < -0.39 is 10.0 Å². The number of anilines is 1. The predicted octanol–water partition coefficient (Wildman–Crippen LogP) is 1.89. The summed E-state index contributed by atoms with van der Waals surface area (Å²) in [5.41, 5.74) is 1.72. The molecule has 0 unspecified atom stereocenters. The lowest BCUT2D eigenvalue weighted by atomic mass is 10.3. The van der Waals surface area contributed by atoms with Crippen molar-refractivity contribution in [3.8, 4) is 0 Å². The van der Waals surface area contributed by atoms with E-state index in [1.807, 2.05) is 0 Å². The van der Waals surface area contributed by atoms with Gasteiger partial charge in [0.05, 0.1) is 5.69 Å². The van der Waals surface area contributed by atoms with Crippen molar-refractivity contribution >= 4 is 27.3 Å². The van der Waals surface area contributed by atoms with Gasteiger partial charge < -0.3 is 5.32 Å². The molecule has 0 fully saturated rings. The van der Waals surface area contributed by atoms with Crippen molar-refractivity contribution < 1.29 is 8.42 Å². The molecule has 0 aliphatic heterocycles. The number of sulfonamides is 1. The third-order valence-electron chi connectivity index (χ3n) is 2.72. The Hall–Kier alpha value is -1.57. The number of nitrogens with one attached hydrogen (secondary N) is 3. The van der Waals surface area contributed by atoms with Gasteiger partial charge in [-0.15, -0.1) is 0 Å². The van der Waals surface area contributed by atoms with Crippen molar-refractivity contribution in [2.24, 2.45) is 0 Å². The molecule has 0 aliphatic rings. The number of hydrogen-bond acceptors (Lipinski definition) is 4. The largest absolute Gasteiger partial charge is 0.316 e. The SMILES string of the molecule is CNCc1c(S(=O)(=O)Nc2cccc(Cl)c2)n[nH]c1C. The lowest BCUT2D eigenvalue weighted by Crippen LogP contribution is -2.17. The van der Waals surface area contributed by atoms with Crippen LogP contribution in [0.2, 0.25) is 5.02 Å². The topological polar surface area (TPSA) is 86.9 Å². The zero-order valence-electron chi connectivity index (χ0n) is 11.1. The van der Waals surface area contributed by atoms with Crippen LogP contribution in [0.25, 0.3) is 0 Å². The molecule has 0 saturated heterocycles. The summed E-state index contributed by atoms with van der Waals surface area (Å²) in [5, 5.41) is 9.94. The minimum Gasteiger partial charge on any atom is -0.316 e. The van der Waals surface area contributed by atoms with Crippen molar-refractivity contribution in [2.75, 3.05) is 11.8 Å². The first-order valence-electron chi connectivity index (χ1n) is 5.91. The maximum atomic E-state index is 12.4. The summed E-state index contributed by atoms with van der Waals surface area (Å²) < 4.78 is 27.2. The Morgan fingerprint density at radius 1 is 1.40 bits per heavy atom. The molecule has 0 aliphatic carbocycles. The van der Waals surface area contributed by atoms with Crippen LogP contribution in [0.5, 0.6) is 0 Å². The van der Waals surface area contributed by atoms with Gasteiger partial charge in [-0.3, -0.25) is 9.82 Å². The van der Waals surface area contributed by atoms with E-state index in [0.29, 0.717) is 28.5 Å². The van der Waals surface area contributed by atoms with Crippen molar-refractivity contribution in [3.63, 3.8) is 0 Å². The molecular formula is C12H15ClN4O2S. The van der Waals surface area contributed by atoms with Crippen LogP contribution in [0, 0.1) is 6.92 Å². The maximum Gasteiger partial charge on any atom is 0.281 e. The molecular weight excluding hydrogens is 300 g/mol. The van der Waals surface area contributed by atoms with E-state index in [1.165, 1.54) is 6.07 Å². The molecule has 1 heterocycles. The second-order valence-electron chi connectivity index (χ2n) is 4.28. The van der Waals surface area contributed by atoms with E-state index in [-0.39, 0.29) is 5.03 Å². The Morgan fingerprint density at radius 3 is 2.80 bits per heavy atom. The number of nitrogens with zero attached hydrogens (tertiary/aromatic N) is 1. The molecule has 2 aromatic rings. The number of hydrogen-bond donors (Lipinski definition) is 3. The van der Waals surface area contributed by atoms with Gasteiger partial charge in [0.2, 0.25) is 5.03 Å². The molecule has 6 nitrogen and oxygen atoms in total. The molecule has 1 aromatic heterocycles. The molecule has 0 radical (unpaired) electrons. The Balaban J connectivity index is 2.36. The van der Waals surface area contributed by atoms with Gasteiger partial charge in [0, 0.05) is 22.8 Å². The van der Waals surface area contributed by atoms with Crippen LogP contribution < -0.4 is 10.0 Å². The third-order valence-corrected chi connectivity index (χ3v) is 4.31. The second-order valence-corrected chi connectivity index (χ2v) is 6.31. The fraction of sp³-hybridized carbons (Fsp3) is 0.250. The summed E-state index contributed by atoms with van der Waals surface area (Å²) in [7, 11) is -2.01. The van der Waals surface area contributed by atoms with Gasteiger partial charge in [0.1, 0.15) is 0 Å². The van der Waals surface area contributed by atoms with Gasteiger partial charge in [-0.25, -0.2) is 0 Å². The monoisotopic (exact) mass is 314 g/mol. The van der Waals surface area contributed by atoms with E-state index >= 15 is 0 Å². The molecule has 0 saturated carbocycles. The Labute approximate surface area is 122 Å². The van der Waals surface area contributed by atoms with Crippen molar-refractivity contribution in [1.82, 2.24) is 15.5 Å². The molecule has 20 heavy (non-hydrogen) atoms. The highest BCUT2D eigenvalue weighted by Crippen LogP contribution is 2.21. The van der Waals surface area contributed by atoms with Gasteiger partial charge >= 0.3 is 0 Å². The van der Waals surface area contributed by atoms with E-state index in [0.717, 1.165) is 0 Å². The van der Waals surface area contributed by atoms with Crippen molar-refractivity contribution in [3.05, 3.63) is 40.5 Å². The molecule has 1 aromatic carbocycles. The highest BCUT2D eigenvalue weighted by molar-refractivity contribution is 7.92. The molecule has 3 N–H and O–H groups in total. The zero-order valence-corrected chi connectivity index (χ0v) is 12.6. The summed E-state index contributed by atoms with van der Waals surface area (Å²) in [5.74, 6) is 0. The van der Waals surface area contributed by atoms with Gasteiger partial charge in [-0.2, -0.15) is 13.5 Å². The smallest absolute Gasteiger partial charge is 0.281 e. The number of benzene rings is 1. The van der Waals surface area contributed by atoms with E-state index in [4.69, 9.17) is 11.6 Å². The van der Waals surface area contributed by atoms with Gasteiger partial charge in [-0.05, 0) is 32.2 Å². The Bertz CT molecular complexity index is 712. The quantitative estimate of drug-likeness (QED) is 0.786. The number of halogens is 1. The zero-order chi connectivity index (χ0) is 14.8. The predicted molar refractivity (Wildman–Crippen MR) is 78.3 cm³/mol. The van der Waals surface area contributed by atoms with Crippen LogP contribution in [-0.2, 0) is 16.6 Å². The lowest BCUT2D eigenvalue weighted by molar-refractivity contribution is 0.595. The molecule has 108 valence electrons. The van der Waals surface area contributed by atoms with Gasteiger partial charge in [0.25, 0.3) is 10.0 Å². The molecule has 0 atom stereocenters. The number of aromatic amines is 1. The summed E-state index contributed by atoms with van der Waals surface area (Å²) in [4.78, 5) is 0. The summed E-state index contributed by atoms with van der Waals surface area (Å²) >= 11 is 5.84. The number of H-pyrrole nitrogens is 1. The van der Waals surface area contributed by atoms with Crippen molar-refractivity contribution in [2.45, 2.75) is 18.5 Å². The normalized spacial score (nSPS) is 11.6. The number of aromatic nitrogens is 2. The summed E-state index contributed by atoms with van der Waals surface area (Å²) in [6, 6.07) is 6.51. The van der Waals surface area contributed by atoms with E-state index in [2.05, 4.69) is 20.2 Å². The highest BCUT2D eigenvalue weighted by Gasteiger charge is 2.23. The standard InChI is InChI=1S/C12H15ClN4O2S/c1-8-11(7-14-2)12(16-15-8)20(18,19)17-10-5-3-4-9(13)6-10/h3-6,14,17H,7H2,1-2H3,(H,15,16). The van der Waals surface area contributed by atoms with Crippen LogP contribution in [0.4, 0.5) is 5.69 Å². The summed E-state index contributed by atoms with van der Waals surface area (Å²) in [6.45, 7) is 2.19. The fourth-order valence-electron chi connectivity index (χ4n) is 1.79. The maximum absolute atomic E-state index is 12.4. The van der Waals surface area contributed by atoms with Gasteiger partial charge in [0.15, 0.2) is 0 Å². The second kappa shape index (κ2) is 5.82. The highest BCUT2D eigenvalue weighted by atomic mass is 35.5. The first kappa shape index (κ1) is 14.8. The van der Waals surface area contributed by atoms with Crippen LogP contribution in [0.15, 0.2) is 29.3 Å². The van der Waals surface area contributed by atoms with E-state index in [1.54, 1.807) is 32.2 Å². The van der Waals surface area contributed by atoms with Gasteiger partial charge in [-0.1, -0.05) is 17.7 Å². The Kier molecular flexibility index (Phi) is 4.32. The van der Waals surface area contributed by atoms with Crippen LogP contribution >= 0.6 is 11.6 Å². The molecule has 0 spiro atoms. The van der Waals surface area contributed by atoms with Crippen molar-refractivity contribution in [1.29, 1.82) is 0 Å². The summed E-state index contributed by atoms with van der Waals surface area (Å²) in [6.07, 6.45) is 0. The first-order valence-corrected chi connectivity index (χ1v) is 7.77. The average Bonchev–Trinajstić information content (AvgIpc) is 2.72. The van der Waals surface area contributed by atoms with Crippen LogP contribution in [0.3, 0.4) is 0 Å². The lowest BCUT2D eigenvalue weighted by Gasteiger charge is -2.08. The van der Waals surface area contributed by atoms with E-state index in [9.17, 15) is 8.42 Å².